The number of aromatic amines is 1. The normalized spacial score (nSPS) is 17.8. The quantitative estimate of drug-likeness (QED) is 0.477. The van der Waals surface area contributed by atoms with E-state index in [1.165, 1.54) is 16.4 Å². The van der Waals surface area contributed by atoms with Crippen LogP contribution in [0.25, 0.3) is 0 Å². The predicted molar refractivity (Wildman–Crippen MR) is 118 cm³/mol. The third kappa shape index (κ3) is 4.46. The fourth-order valence-electron chi connectivity index (χ4n) is 3.95. The van der Waals surface area contributed by atoms with Gasteiger partial charge in [0.15, 0.2) is 0 Å². The molecule has 2 heterocycles. The maximum absolute atomic E-state index is 13.8. The van der Waals surface area contributed by atoms with Gasteiger partial charge in [-0.3, -0.25) is 9.62 Å². The number of sulfonamides is 1. The number of amides is 1. The molecule has 5 rings (SSSR count). The molecular weight excluding hydrogens is 448 g/mol. The lowest BCUT2D eigenvalue weighted by Gasteiger charge is -2.35. The molecule has 2 aliphatic rings. The molecule has 12 heteroatoms. The van der Waals surface area contributed by atoms with Crippen LogP contribution in [-0.4, -0.2) is 52.9 Å². The van der Waals surface area contributed by atoms with E-state index in [1.807, 2.05) is 6.07 Å². The molecule has 0 bridgehead atoms. The summed E-state index contributed by atoms with van der Waals surface area (Å²) in [6, 6.07) is 11.6. The minimum Gasteiger partial charge on any atom is -0.486 e. The van der Waals surface area contributed by atoms with Crippen molar-refractivity contribution in [2.24, 2.45) is 0 Å². The smallest absolute Gasteiger partial charge is 0.409 e. The van der Waals surface area contributed by atoms with Gasteiger partial charge in [0.05, 0.1) is 17.1 Å². The van der Waals surface area contributed by atoms with Crippen molar-refractivity contribution in [3.05, 3.63) is 53.9 Å². The van der Waals surface area contributed by atoms with Crippen molar-refractivity contribution in [2.75, 3.05) is 16.2 Å². The Balaban J connectivity index is 1.50. The first-order valence-corrected chi connectivity index (χ1v) is 12.0. The maximum Gasteiger partial charge on any atom is 0.409 e. The zero-order valence-corrected chi connectivity index (χ0v) is 18.3. The van der Waals surface area contributed by atoms with Gasteiger partial charge in [0, 0.05) is 12.1 Å². The van der Waals surface area contributed by atoms with Crippen LogP contribution in [0.2, 0.25) is 0 Å². The van der Waals surface area contributed by atoms with E-state index in [9.17, 15) is 13.2 Å². The summed E-state index contributed by atoms with van der Waals surface area (Å²) in [4.78, 5) is 11.3. The molecule has 172 valence electrons. The summed E-state index contributed by atoms with van der Waals surface area (Å²) in [6.45, 7) is 0.0705. The number of carbonyl (C=O) groups is 1. The number of nitrogens with zero attached hydrogens (tertiary/aromatic N) is 4. The van der Waals surface area contributed by atoms with Gasteiger partial charge in [-0.2, -0.15) is 0 Å². The van der Waals surface area contributed by atoms with Gasteiger partial charge in [-0.15, -0.1) is 5.10 Å². The second-order valence-corrected chi connectivity index (χ2v) is 9.98. The van der Waals surface area contributed by atoms with E-state index in [-0.39, 0.29) is 22.8 Å². The Bertz CT molecular complexity index is 1280. The molecule has 0 spiro atoms. The predicted octanol–water partition coefficient (Wildman–Crippen LogP) is 2.76. The van der Waals surface area contributed by atoms with Crippen molar-refractivity contribution in [3.63, 3.8) is 0 Å². The number of anilines is 2. The van der Waals surface area contributed by atoms with Crippen molar-refractivity contribution >= 4 is 27.5 Å². The molecule has 1 aliphatic carbocycles. The summed E-state index contributed by atoms with van der Waals surface area (Å²) < 4.78 is 34.9. The van der Waals surface area contributed by atoms with E-state index < -0.39 is 22.2 Å². The van der Waals surface area contributed by atoms with Gasteiger partial charge in [0.2, 0.25) is 0 Å². The van der Waals surface area contributed by atoms with Crippen LogP contribution in [0, 0.1) is 0 Å². The third-order valence-electron chi connectivity index (χ3n) is 5.73. The summed E-state index contributed by atoms with van der Waals surface area (Å²) in [6.07, 6.45) is 1.41. The SMILES string of the molecule is O=C(O)Nc1ccc2c(c1)N(S(=O)(=O)c1cccc(C3CC3)c1)C[C@H](CCc1nnn[nH]1)O2. The van der Waals surface area contributed by atoms with Gasteiger partial charge in [-0.25, -0.2) is 18.3 Å². The molecule has 1 amide bonds. The molecule has 1 atom stereocenters. The number of aryl methyl sites for hydroxylation is 1. The summed E-state index contributed by atoms with van der Waals surface area (Å²) >= 11 is 0. The van der Waals surface area contributed by atoms with Gasteiger partial charge in [-0.1, -0.05) is 12.1 Å². The second-order valence-electron chi connectivity index (χ2n) is 8.12. The number of tetrazole rings is 1. The minimum absolute atomic E-state index is 0.0705. The fourth-order valence-corrected chi connectivity index (χ4v) is 5.50. The van der Waals surface area contributed by atoms with E-state index in [1.54, 1.807) is 24.3 Å². The monoisotopic (exact) mass is 470 g/mol. The Hall–Kier alpha value is -3.67. The standard InChI is InChI=1S/C21H22N6O5S/c28-21(29)22-15-6-8-19-18(11-15)27(12-16(32-19)7-9-20-23-25-26-24-20)33(30,31)17-3-1-2-14(10-17)13-4-5-13/h1-3,6,8,10-11,13,16,22H,4-5,7,9,12H2,(H,28,29)(H,23,24,25,26)/t16-/m0/s1. The fraction of sp³-hybridized carbons (Fsp3) is 0.333. The average molecular weight is 471 g/mol. The maximum atomic E-state index is 13.8. The van der Waals surface area contributed by atoms with E-state index in [4.69, 9.17) is 9.84 Å². The molecule has 1 fully saturated rings. The molecule has 1 aromatic heterocycles. The molecule has 0 saturated heterocycles. The average Bonchev–Trinajstić information content (AvgIpc) is 3.52. The zero-order valence-electron chi connectivity index (χ0n) is 17.5. The van der Waals surface area contributed by atoms with Crippen molar-refractivity contribution in [3.8, 4) is 5.75 Å². The highest BCUT2D eigenvalue weighted by Gasteiger charge is 2.35. The van der Waals surface area contributed by atoms with Crippen LogP contribution in [0.5, 0.6) is 5.75 Å². The number of aromatic nitrogens is 4. The minimum atomic E-state index is -3.92. The van der Waals surface area contributed by atoms with Crippen LogP contribution in [0.4, 0.5) is 16.2 Å². The molecule has 33 heavy (non-hydrogen) atoms. The first-order chi connectivity index (χ1) is 15.9. The van der Waals surface area contributed by atoms with Crippen LogP contribution < -0.4 is 14.4 Å². The molecule has 2 aromatic carbocycles. The Kier molecular flexibility index (Phi) is 5.36. The van der Waals surface area contributed by atoms with Crippen LogP contribution in [0.15, 0.2) is 47.4 Å². The van der Waals surface area contributed by atoms with E-state index in [0.717, 1.165) is 18.4 Å². The number of hydrogen-bond acceptors (Lipinski definition) is 7. The second kappa shape index (κ2) is 8.35. The number of carboxylic acid groups (broad SMARTS) is 1. The summed E-state index contributed by atoms with van der Waals surface area (Å²) in [5.41, 5.74) is 1.55. The summed E-state index contributed by atoms with van der Waals surface area (Å²) in [5.74, 6) is 1.35. The molecular formula is C21H22N6O5S. The molecule has 1 aliphatic heterocycles. The lowest BCUT2D eigenvalue weighted by molar-refractivity contribution is 0.189. The highest BCUT2D eigenvalue weighted by atomic mass is 32.2. The Labute approximate surface area is 189 Å². The van der Waals surface area contributed by atoms with Crippen molar-refractivity contribution in [2.45, 2.75) is 42.6 Å². The number of ether oxygens (including phenoxy) is 1. The van der Waals surface area contributed by atoms with Crippen LogP contribution >= 0.6 is 0 Å². The Morgan fingerprint density at radius 2 is 2.09 bits per heavy atom. The molecule has 11 nitrogen and oxygen atoms in total. The molecule has 0 radical (unpaired) electrons. The topological polar surface area (TPSA) is 150 Å². The van der Waals surface area contributed by atoms with Crippen LogP contribution in [0.1, 0.15) is 36.6 Å². The lowest BCUT2D eigenvalue weighted by Crippen LogP contribution is -2.43. The number of rotatable bonds is 7. The third-order valence-corrected chi connectivity index (χ3v) is 7.50. The largest absolute Gasteiger partial charge is 0.486 e. The summed E-state index contributed by atoms with van der Waals surface area (Å²) in [7, 11) is -3.92. The van der Waals surface area contributed by atoms with Gasteiger partial charge >= 0.3 is 6.09 Å². The lowest BCUT2D eigenvalue weighted by atomic mass is 10.1. The van der Waals surface area contributed by atoms with Gasteiger partial charge < -0.3 is 9.84 Å². The van der Waals surface area contributed by atoms with Crippen molar-refractivity contribution in [1.82, 2.24) is 20.6 Å². The number of benzene rings is 2. The first-order valence-electron chi connectivity index (χ1n) is 10.6. The van der Waals surface area contributed by atoms with Crippen molar-refractivity contribution < 1.29 is 23.1 Å². The van der Waals surface area contributed by atoms with Crippen molar-refractivity contribution in [1.29, 1.82) is 0 Å². The Morgan fingerprint density at radius 1 is 1.24 bits per heavy atom. The molecule has 1 saturated carbocycles. The van der Waals surface area contributed by atoms with Gasteiger partial charge in [0.1, 0.15) is 17.7 Å². The first kappa shape index (κ1) is 21.2. The molecule has 3 N–H and O–H groups in total. The zero-order chi connectivity index (χ0) is 23.0. The summed E-state index contributed by atoms with van der Waals surface area (Å²) in [5, 5.41) is 25.0. The highest BCUT2D eigenvalue weighted by molar-refractivity contribution is 7.92. The number of nitrogens with one attached hydrogen (secondary N) is 2. The van der Waals surface area contributed by atoms with Crippen LogP contribution in [-0.2, 0) is 16.4 Å². The molecule has 3 aromatic rings. The van der Waals surface area contributed by atoms with E-state index in [2.05, 4.69) is 25.9 Å². The number of hydrogen-bond donors (Lipinski definition) is 3. The van der Waals surface area contributed by atoms with Crippen LogP contribution in [0.3, 0.4) is 0 Å². The highest BCUT2D eigenvalue weighted by Crippen LogP contribution is 2.42. The van der Waals surface area contributed by atoms with E-state index >= 15 is 0 Å². The molecule has 0 unspecified atom stereocenters. The van der Waals surface area contributed by atoms with E-state index in [0.29, 0.717) is 30.3 Å². The number of fused-ring (bicyclic) bond motifs is 1. The number of H-pyrrole nitrogens is 1. The van der Waals surface area contributed by atoms with Gasteiger partial charge in [0.25, 0.3) is 10.0 Å². The Morgan fingerprint density at radius 3 is 2.82 bits per heavy atom. The van der Waals surface area contributed by atoms with Gasteiger partial charge in [-0.05, 0) is 71.5 Å².